The molecular formula is C21H29NO5. The van der Waals surface area contributed by atoms with Crippen LogP contribution >= 0.6 is 0 Å². The lowest BCUT2D eigenvalue weighted by atomic mass is 10.1. The average molecular weight is 375 g/mol. The molecule has 0 spiro atoms. The molecule has 0 saturated carbocycles. The molecule has 2 fully saturated rings. The maximum atomic E-state index is 6.09. The molecule has 27 heavy (non-hydrogen) atoms. The maximum Gasteiger partial charge on any atom is 0.186 e. The molecule has 0 aliphatic carbocycles. The number of methoxy groups -OCH3 is 1. The predicted octanol–water partition coefficient (Wildman–Crippen LogP) is 2.33. The van der Waals surface area contributed by atoms with Crippen molar-refractivity contribution in [3.05, 3.63) is 48.0 Å². The van der Waals surface area contributed by atoms with Crippen molar-refractivity contribution in [3.8, 4) is 0 Å². The van der Waals surface area contributed by atoms with E-state index in [9.17, 15) is 0 Å². The summed E-state index contributed by atoms with van der Waals surface area (Å²) in [5.74, 6) is -0.600. The Balaban J connectivity index is 1.32. The summed E-state index contributed by atoms with van der Waals surface area (Å²) in [5, 5.41) is 0. The van der Waals surface area contributed by atoms with Crippen molar-refractivity contribution in [1.29, 1.82) is 0 Å². The average Bonchev–Trinajstić information content (AvgIpc) is 3.15. The Labute approximate surface area is 161 Å². The molecule has 5 atom stereocenters. The Hall–Kier alpha value is -1.28. The summed E-state index contributed by atoms with van der Waals surface area (Å²) in [6.07, 6.45) is 3.63. The van der Waals surface area contributed by atoms with E-state index in [2.05, 4.69) is 29.2 Å². The van der Waals surface area contributed by atoms with Gasteiger partial charge in [-0.15, -0.1) is 0 Å². The second kappa shape index (κ2) is 7.99. The summed E-state index contributed by atoms with van der Waals surface area (Å²) in [6, 6.07) is 10.3. The topological polar surface area (TPSA) is 49.4 Å². The van der Waals surface area contributed by atoms with Gasteiger partial charge in [0, 0.05) is 26.7 Å². The molecule has 0 bridgehead atoms. The minimum absolute atomic E-state index is 0.0755. The van der Waals surface area contributed by atoms with E-state index >= 15 is 0 Å². The molecule has 0 N–H and O–H groups in total. The van der Waals surface area contributed by atoms with Crippen LogP contribution in [0.25, 0.3) is 0 Å². The molecule has 6 nitrogen and oxygen atoms in total. The lowest BCUT2D eigenvalue weighted by Gasteiger charge is -2.32. The van der Waals surface area contributed by atoms with Crippen molar-refractivity contribution in [2.75, 3.05) is 26.7 Å². The van der Waals surface area contributed by atoms with Gasteiger partial charge in [0.05, 0.1) is 12.7 Å². The fourth-order valence-corrected chi connectivity index (χ4v) is 4.02. The van der Waals surface area contributed by atoms with E-state index in [1.807, 2.05) is 32.0 Å². The van der Waals surface area contributed by atoms with Crippen LogP contribution in [0.4, 0.5) is 0 Å². The number of nitrogens with zero attached hydrogens (tertiary/aromatic N) is 1. The number of fused-ring (bicyclic) bond motifs is 1. The minimum Gasteiger partial charge on any atom is -0.368 e. The van der Waals surface area contributed by atoms with Crippen LogP contribution in [0.3, 0.4) is 0 Å². The lowest BCUT2D eigenvalue weighted by Crippen LogP contribution is -2.44. The van der Waals surface area contributed by atoms with E-state index in [0.29, 0.717) is 6.61 Å². The normalized spacial score (nSPS) is 35.4. The summed E-state index contributed by atoms with van der Waals surface area (Å²) in [7, 11) is 1.65. The van der Waals surface area contributed by atoms with Gasteiger partial charge in [0.2, 0.25) is 0 Å². The quantitative estimate of drug-likeness (QED) is 0.712. The number of hydrogen-bond donors (Lipinski definition) is 0. The van der Waals surface area contributed by atoms with Gasteiger partial charge in [-0.3, -0.25) is 4.90 Å². The van der Waals surface area contributed by atoms with Gasteiger partial charge in [-0.05, 0) is 19.4 Å². The zero-order valence-electron chi connectivity index (χ0n) is 16.2. The van der Waals surface area contributed by atoms with E-state index < -0.39 is 5.79 Å². The van der Waals surface area contributed by atoms with Crippen LogP contribution in [0.15, 0.2) is 42.5 Å². The molecular weight excluding hydrogens is 346 g/mol. The largest absolute Gasteiger partial charge is 0.368 e. The van der Waals surface area contributed by atoms with E-state index in [0.717, 1.165) is 19.6 Å². The first-order valence-electron chi connectivity index (χ1n) is 9.62. The highest BCUT2D eigenvalue weighted by atomic mass is 16.8. The summed E-state index contributed by atoms with van der Waals surface area (Å²) >= 11 is 0. The molecule has 3 aliphatic heterocycles. The number of hydrogen-bond acceptors (Lipinski definition) is 6. The van der Waals surface area contributed by atoms with Crippen molar-refractivity contribution in [2.24, 2.45) is 0 Å². The van der Waals surface area contributed by atoms with Crippen LogP contribution < -0.4 is 0 Å². The zero-order chi connectivity index (χ0) is 18.9. The van der Waals surface area contributed by atoms with Crippen LogP contribution in [0.1, 0.15) is 19.4 Å². The molecule has 0 aromatic heterocycles. The third-order valence-electron chi connectivity index (χ3n) is 5.24. The van der Waals surface area contributed by atoms with Gasteiger partial charge in [0.1, 0.15) is 18.3 Å². The summed E-state index contributed by atoms with van der Waals surface area (Å²) in [6.45, 7) is 6.96. The van der Waals surface area contributed by atoms with Crippen LogP contribution in [0.5, 0.6) is 0 Å². The van der Waals surface area contributed by atoms with Crippen LogP contribution in [-0.2, 0) is 30.3 Å². The van der Waals surface area contributed by atoms with Crippen molar-refractivity contribution >= 4 is 0 Å². The first-order valence-corrected chi connectivity index (χ1v) is 9.62. The van der Waals surface area contributed by atoms with Crippen LogP contribution in [-0.4, -0.2) is 68.1 Å². The Morgan fingerprint density at radius 2 is 1.93 bits per heavy atom. The first-order chi connectivity index (χ1) is 13.0. The van der Waals surface area contributed by atoms with Gasteiger partial charge in [-0.25, -0.2) is 0 Å². The third-order valence-corrected chi connectivity index (χ3v) is 5.24. The molecule has 0 amide bonds. The smallest absolute Gasteiger partial charge is 0.186 e. The summed E-state index contributed by atoms with van der Waals surface area (Å²) < 4.78 is 29.7. The molecule has 0 radical (unpaired) electrons. The predicted molar refractivity (Wildman–Crippen MR) is 100 cm³/mol. The van der Waals surface area contributed by atoms with Gasteiger partial charge in [0.15, 0.2) is 12.1 Å². The molecule has 0 unspecified atom stereocenters. The molecule has 2 saturated heterocycles. The Bertz CT molecular complexity index is 649. The van der Waals surface area contributed by atoms with E-state index in [1.54, 1.807) is 7.11 Å². The number of ether oxygens (including phenoxy) is 5. The van der Waals surface area contributed by atoms with Crippen molar-refractivity contribution in [2.45, 2.75) is 56.9 Å². The molecule has 148 valence electrons. The van der Waals surface area contributed by atoms with Gasteiger partial charge in [0.25, 0.3) is 0 Å². The number of benzene rings is 1. The Morgan fingerprint density at radius 1 is 1.15 bits per heavy atom. The second-order valence-corrected chi connectivity index (χ2v) is 7.83. The van der Waals surface area contributed by atoms with Crippen molar-refractivity contribution in [3.63, 3.8) is 0 Å². The van der Waals surface area contributed by atoms with Gasteiger partial charge in [-0.2, -0.15) is 0 Å². The van der Waals surface area contributed by atoms with E-state index in [-0.39, 0.29) is 30.7 Å². The van der Waals surface area contributed by atoms with Gasteiger partial charge < -0.3 is 23.7 Å². The molecule has 1 aromatic carbocycles. The second-order valence-electron chi connectivity index (χ2n) is 7.83. The van der Waals surface area contributed by atoms with Crippen molar-refractivity contribution < 1.29 is 23.7 Å². The van der Waals surface area contributed by atoms with Crippen LogP contribution in [0, 0.1) is 0 Å². The highest BCUT2D eigenvalue weighted by Gasteiger charge is 2.55. The first kappa shape index (κ1) is 19.1. The fraction of sp³-hybridized carbons (Fsp3) is 0.619. The van der Waals surface area contributed by atoms with Crippen molar-refractivity contribution in [1.82, 2.24) is 4.90 Å². The SMILES string of the molecule is CO[C@@H]1O[C@H](CN2CC=C[C@H](OCc3ccccc3)C2)[C@H]2OC(C)(C)O[C@@H]12. The third kappa shape index (κ3) is 4.42. The highest BCUT2D eigenvalue weighted by molar-refractivity contribution is 5.13. The van der Waals surface area contributed by atoms with E-state index in [4.69, 9.17) is 23.7 Å². The van der Waals surface area contributed by atoms with Gasteiger partial charge in [-0.1, -0.05) is 42.5 Å². The standard InChI is InChI=1S/C21H29NO5/c1-21(2)26-18-17(25-20(23-3)19(18)27-21)13-22-11-7-10-16(12-22)24-14-15-8-5-4-6-9-15/h4-10,16-20H,11-14H2,1-3H3/t16-,17+,18+,19+,20+/m0/s1. The minimum atomic E-state index is -0.600. The fourth-order valence-electron chi connectivity index (χ4n) is 4.02. The zero-order valence-corrected chi connectivity index (χ0v) is 16.2. The van der Waals surface area contributed by atoms with Gasteiger partial charge >= 0.3 is 0 Å². The molecule has 3 heterocycles. The Kier molecular flexibility index (Phi) is 5.64. The highest BCUT2D eigenvalue weighted by Crippen LogP contribution is 2.39. The number of rotatable bonds is 6. The molecule has 1 aromatic rings. The summed E-state index contributed by atoms with van der Waals surface area (Å²) in [4.78, 5) is 2.34. The maximum absolute atomic E-state index is 6.09. The molecule has 6 heteroatoms. The molecule has 3 aliphatic rings. The summed E-state index contributed by atoms with van der Waals surface area (Å²) in [5.41, 5.74) is 1.19. The monoisotopic (exact) mass is 375 g/mol. The van der Waals surface area contributed by atoms with Crippen LogP contribution in [0.2, 0.25) is 0 Å². The van der Waals surface area contributed by atoms with E-state index in [1.165, 1.54) is 5.56 Å². The Morgan fingerprint density at radius 3 is 2.70 bits per heavy atom. The molecule has 4 rings (SSSR count). The lowest BCUT2D eigenvalue weighted by molar-refractivity contribution is -0.228.